The second-order valence-electron chi connectivity index (χ2n) is 5.46. The molecule has 3 rings (SSSR count). The van der Waals surface area contributed by atoms with Gasteiger partial charge in [-0.25, -0.2) is 0 Å². The molecule has 114 valence electrons. The number of nitrogens with one attached hydrogen (secondary N) is 2. The molecule has 0 aliphatic carbocycles. The molecular weight excluding hydrogens is 308 g/mol. The zero-order valence-corrected chi connectivity index (χ0v) is 13.3. The summed E-state index contributed by atoms with van der Waals surface area (Å²) in [7, 11) is 0. The molecule has 1 atom stereocenters. The molecule has 0 saturated carbocycles. The summed E-state index contributed by atoms with van der Waals surface area (Å²) in [6.45, 7) is 3.56. The minimum atomic E-state index is -0.847. The number of fused-ring (bicyclic) bond motifs is 1. The Morgan fingerprint density at radius 2 is 2.38 bits per heavy atom. The molecule has 2 aromatic rings. The van der Waals surface area contributed by atoms with Gasteiger partial charge in [-0.1, -0.05) is 11.6 Å². The first-order valence-corrected chi connectivity index (χ1v) is 8.29. The van der Waals surface area contributed by atoms with E-state index in [0.717, 1.165) is 11.6 Å². The van der Waals surface area contributed by atoms with E-state index < -0.39 is 5.60 Å². The molecule has 1 aromatic heterocycles. The molecule has 1 fully saturated rings. The summed E-state index contributed by atoms with van der Waals surface area (Å²) in [5, 5.41) is 21.1. The quantitative estimate of drug-likeness (QED) is 0.804. The number of hydrogen-bond donors (Lipinski definition) is 3. The number of β-amino-alcohol motifs (C(OH)–C–C–N with tert-alkyl or cyclic N) is 1. The second kappa shape index (κ2) is 6.60. The van der Waals surface area contributed by atoms with Crippen LogP contribution in [0.2, 0.25) is 5.02 Å². The van der Waals surface area contributed by atoms with Gasteiger partial charge in [-0.15, -0.1) is 11.3 Å². The van der Waals surface area contributed by atoms with Crippen molar-refractivity contribution < 1.29 is 9.84 Å². The lowest BCUT2D eigenvalue weighted by molar-refractivity contribution is -0.0264. The summed E-state index contributed by atoms with van der Waals surface area (Å²) in [4.78, 5) is 0. The van der Waals surface area contributed by atoms with Gasteiger partial charge in [0.15, 0.2) is 0 Å². The van der Waals surface area contributed by atoms with E-state index in [4.69, 9.17) is 16.3 Å². The fourth-order valence-corrected chi connectivity index (χ4v) is 3.63. The minimum absolute atomic E-state index is 0.364. The van der Waals surface area contributed by atoms with Crippen molar-refractivity contribution in [3.63, 3.8) is 0 Å². The molecule has 0 spiro atoms. The Balaban J connectivity index is 1.62. The molecule has 2 heterocycles. The van der Waals surface area contributed by atoms with Gasteiger partial charge in [0.2, 0.25) is 0 Å². The largest absolute Gasteiger partial charge is 0.385 e. The predicted octanol–water partition coefficient (Wildman–Crippen LogP) is 2.00. The molecule has 1 aliphatic rings. The zero-order valence-electron chi connectivity index (χ0n) is 11.7. The number of rotatable bonds is 4. The summed E-state index contributed by atoms with van der Waals surface area (Å²) < 4.78 is 6.65. The van der Waals surface area contributed by atoms with Crippen molar-refractivity contribution in [2.24, 2.45) is 0 Å². The van der Waals surface area contributed by atoms with Crippen molar-refractivity contribution in [3.05, 3.63) is 34.2 Å². The Bertz CT molecular complexity index is 609. The third-order valence-electron chi connectivity index (χ3n) is 3.63. The van der Waals surface area contributed by atoms with Crippen LogP contribution in [0, 0.1) is 0 Å². The number of hydrogen-bond acceptors (Lipinski definition) is 5. The van der Waals surface area contributed by atoms with Crippen LogP contribution in [0.4, 0.5) is 0 Å². The van der Waals surface area contributed by atoms with Crippen LogP contribution >= 0.6 is 22.9 Å². The monoisotopic (exact) mass is 326 g/mol. The molecule has 0 unspecified atom stereocenters. The van der Waals surface area contributed by atoms with Crippen molar-refractivity contribution in [2.45, 2.75) is 12.1 Å². The topological polar surface area (TPSA) is 53.5 Å². The van der Waals surface area contributed by atoms with Crippen LogP contribution in [-0.4, -0.2) is 43.6 Å². The van der Waals surface area contributed by atoms with Crippen LogP contribution in [-0.2, 0) is 11.3 Å². The first-order valence-electron chi connectivity index (χ1n) is 7.03. The van der Waals surface area contributed by atoms with E-state index in [-0.39, 0.29) is 0 Å². The third-order valence-corrected chi connectivity index (χ3v) is 4.88. The Morgan fingerprint density at radius 3 is 3.29 bits per heavy atom. The summed E-state index contributed by atoms with van der Waals surface area (Å²) in [5.41, 5.74) is 0.364. The van der Waals surface area contributed by atoms with Gasteiger partial charge in [-0.2, -0.15) is 0 Å². The molecule has 21 heavy (non-hydrogen) atoms. The fraction of sp³-hybridized carbons (Fsp3) is 0.467. The lowest BCUT2D eigenvalue weighted by Gasteiger charge is -2.26. The van der Waals surface area contributed by atoms with Gasteiger partial charge in [-0.05, 0) is 34.5 Å². The van der Waals surface area contributed by atoms with Gasteiger partial charge < -0.3 is 20.5 Å². The Hall–Kier alpha value is -0.690. The summed E-state index contributed by atoms with van der Waals surface area (Å²) in [6.07, 6.45) is 0. The van der Waals surface area contributed by atoms with Crippen molar-refractivity contribution >= 4 is 33.0 Å². The van der Waals surface area contributed by atoms with E-state index in [1.165, 1.54) is 15.6 Å². The smallest absolute Gasteiger partial charge is 0.113 e. The molecule has 0 bridgehead atoms. The first kappa shape index (κ1) is 15.2. The molecule has 1 aromatic carbocycles. The van der Waals surface area contributed by atoms with Gasteiger partial charge >= 0.3 is 0 Å². The average molecular weight is 327 g/mol. The van der Waals surface area contributed by atoms with E-state index in [2.05, 4.69) is 16.0 Å². The van der Waals surface area contributed by atoms with Gasteiger partial charge in [0, 0.05) is 35.9 Å². The van der Waals surface area contributed by atoms with Crippen molar-refractivity contribution in [3.8, 4) is 0 Å². The van der Waals surface area contributed by atoms with Crippen LogP contribution in [0.5, 0.6) is 0 Å². The number of thiophene rings is 1. The Morgan fingerprint density at radius 1 is 1.48 bits per heavy atom. The van der Waals surface area contributed by atoms with Crippen LogP contribution < -0.4 is 10.6 Å². The molecular formula is C15H19ClN2O2S. The summed E-state index contributed by atoms with van der Waals surface area (Å²) in [6, 6.07) is 5.95. The lowest BCUT2D eigenvalue weighted by Crippen LogP contribution is -2.50. The highest BCUT2D eigenvalue weighted by Crippen LogP contribution is 2.28. The Labute approximate surface area is 133 Å². The van der Waals surface area contributed by atoms with Crippen LogP contribution in [0.1, 0.15) is 5.56 Å². The maximum Gasteiger partial charge on any atom is 0.113 e. The zero-order chi connectivity index (χ0) is 14.7. The second-order valence-corrected chi connectivity index (χ2v) is 6.81. The predicted molar refractivity (Wildman–Crippen MR) is 87.2 cm³/mol. The number of aliphatic hydroxyl groups is 1. The van der Waals surface area contributed by atoms with E-state index in [9.17, 15) is 5.11 Å². The highest BCUT2D eigenvalue weighted by Gasteiger charge is 2.28. The van der Waals surface area contributed by atoms with Crippen molar-refractivity contribution in [1.82, 2.24) is 10.6 Å². The summed E-state index contributed by atoms with van der Waals surface area (Å²) in [5.74, 6) is 0. The van der Waals surface area contributed by atoms with Crippen LogP contribution in [0.15, 0.2) is 23.6 Å². The molecule has 3 N–H and O–H groups in total. The minimum Gasteiger partial charge on any atom is -0.385 e. The molecule has 1 saturated heterocycles. The van der Waals surface area contributed by atoms with Gasteiger partial charge in [0.05, 0.1) is 13.2 Å². The fourth-order valence-electron chi connectivity index (χ4n) is 2.51. The Kier molecular flexibility index (Phi) is 4.78. The number of halogens is 1. The summed E-state index contributed by atoms with van der Waals surface area (Å²) >= 11 is 7.78. The van der Waals surface area contributed by atoms with Crippen LogP contribution in [0.25, 0.3) is 10.1 Å². The number of ether oxygens (including phenoxy) is 1. The van der Waals surface area contributed by atoms with Crippen LogP contribution in [0.3, 0.4) is 0 Å². The maximum atomic E-state index is 10.5. The van der Waals surface area contributed by atoms with Gasteiger partial charge in [0.25, 0.3) is 0 Å². The highest BCUT2D eigenvalue weighted by atomic mass is 35.5. The highest BCUT2D eigenvalue weighted by molar-refractivity contribution is 7.17. The van der Waals surface area contributed by atoms with Crippen molar-refractivity contribution in [1.29, 1.82) is 0 Å². The van der Waals surface area contributed by atoms with Gasteiger partial charge in [0.1, 0.15) is 5.60 Å². The lowest BCUT2D eigenvalue weighted by atomic mass is 10.1. The standard InChI is InChI=1S/C15H19ClN2O2S/c16-12-1-2-14-13(5-12)11(7-21-14)6-18-9-15(19)8-17-3-4-20-10-15/h1-2,5,7,17-19H,3-4,6,8-10H2/t15-/m1/s1. The molecule has 0 radical (unpaired) electrons. The third kappa shape index (κ3) is 3.74. The molecule has 4 nitrogen and oxygen atoms in total. The average Bonchev–Trinajstić information content (AvgIpc) is 2.72. The number of benzene rings is 1. The SMILES string of the molecule is O[C@@]1(CNCc2csc3ccc(Cl)cc23)CNCCOC1. The van der Waals surface area contributed by atoms with E-state index in [1.807, 2.05) is 18.2 Å². The van der Waals surface area contributed by atoms with E-state index >= 15 is 0 Å². The van der Waals surface area contributed by atoms with Gasteiger partial charge in [-0.3, -0.25) is 0 Å². The maximum absolute atomic E-state index is 10.5. The first-order chi connectivity index (χ1) is 10.2. The normalized spacial score (nSPS) is 23.3. The molecule has 0 amide bonds. The van der Waals surface area contributed by atoms with Crippen molar-refractivity contribution in [2.75, 3.05) is 32.8 Å². The molecule has 6 heteroatoms. The molecule has 1 aliphatic heterocycles. The van der Waals surface area contributed by atoms with E-state index in [0.29, 0.717) is 32.8 Å². The van der Waals surface area contributed by atoms with E-state index in [1.54, 1.807) is 11.3 Å².